The second-order valence-electron chi connectivity index (χ2n) is 8.58. The molecule has 1 aromatic heterocycles. The number of esters is 1. The Kier molecular flexibility index (Phi) is 6.97. The Hall–Kier alpha value is -3.99. The van der Waals surface area contributed by atoms with Gasteiger partial charge in [0, 0.05) is 39.1 Å². The van der Waals surface area contributed by atoms with Crippen LogP contribution in [-0.4, -0.2) is 18.2 Å². The summed E-state index contributed by atoms with van der Waals surface area (Å²) in [5.41, 5.74) is 2.70. The summed E-state index contributed by atoms with van der Waals surface area (Å²) in [6.45, 7) is 7.50. The van der Waals surface area contributed by atoms with Crippen LogP contribution >= 0.6 is 10.5 Å². The highest BCUT2D eigenvalue weighted by molar-refractivity contribution is 7.43. The molecule has 0 radical (unpaired) electrons. The largest absolute Gasteiger partial charge is 0.481 e. The first kappa shape index (κ1) is 24.1. The van der Waals surface area contributed by atoms with Gasteiger partial charge < -0.3 is 9.47 Å². The molecule has 0 aliphatic carbocycles. The molecule has 0 N–H and O–H groups in total. The topological polar surface area (TPSA) is 35.5 Å². The SMILES string of the molecule is C#CC(C)(C#Cc1ccccc1)OC(=O)COc1c(C)cc(-[s+]2cc(C)c3ccccc32)cc1C. The van der Waals surface area contributed by atoms with Crippen LogP contribution in [0.4, 0.5) is 0 Å². The summed E-state index contributed by atoms with van der Waals surface area (Å²) in [7, 11) is -0.117. The summed E-state index contributed by atoms with van der Waals surface area (Å²) in [5.74, 6) is 8.42. The Morgan fingerprint density at radius 3 is 2.31 bits per heavy atom. The number of aryl methyl sites for hydroxylation is 3. The average molecular weight is 480 g/mol. The van der Waals surface area contributed by atoms with Crippen molar-refractivity contribution < 1.29 is 14.3 Å². The van der Waals surface area contributed by atoms with Crippen LogP contribution < -0.4 is 4.74 Å². The highest BCUT2D eigenvalue weighted by Gasteiger charge is 2.25. The molecule has 0 aliphatic rings. The molecule has 0 bridgehead atoms. The fraction of sp³-hybridized carbons (Fsp3) is 0.194. The predicted octanol–water partition coefficient (Wildman–Crippen LogP) is 6.87. The zero-order valence-corrected chi connectivity index (χ0v) is 21.2. The van der Waals surface area contributed by atoms with Crippen molar-refractivity contribution in [3.05, 3.63) is 94.4 Å². The standard InChI is InChI=1S/C31H27O3S/c1-6-31(5,17-16-25-12-8-7-9-13-25)34-29(32)20-33-30-22(2)18-26(19-23(30)3)35-21-24(4)27-14-10-11-15-28(27)35/h1,7-15,18-19,21H,20H2,2-5H3/q+1. The molecule has 35 heavy (non-hydrogen) atoms. The van der Waals surface area contributed by atoms with Gasteiger partial charge in [-0.2, -0.15) is 0 Å². The summed E-state index contributed by atoms with van der Waals surface area (Å²) in [6.07, 6.45) is 5.62. The van der Waals surface area contributed by atoms with Crippen LogP contribution in [0.1, 0.15) is 29.2 Å². The van der Waals surface area contributed by atoms with Crippen molar-refractivity contribution in [3.63, 3.8) is 0 Å². The van der Waals surface area contributed by atoms with Crippen LogP contribution in [0.2, 0.25) is 0 Å². The molecule has 0 fully saturated rings. The minimum Gasteiger partial charge on any atom is -0.481 e. The molecule has 4 rings (SSSR count). The van der Waals surface area contributed by atoms with E-state index in [0.29, 0.717) is 5.75 Å². The maximum Gasteiger partial charge on any atom is 0.346 e. The molecular weight excluding hydrogens is 452 g/mol. The number of benzene rings is 3. The predicted molar refractivity (Wildman–Crippen MR) is 144 cm³/mol. The summed E-state index contributed by atoms with van der Waals surface area (Å²) < 4.78 is 12.7. The van der Waals surface area contributed by atoms with Gasteiger partial charge in [-0.1, -0.05) is 36.3 Å². The molecule has 3 aromatic carbocycles. The Labute approximate surface area is 209 Å². The first-order chi connectivity index (χ1) is 16.8. The summed E-state index contributed by atoms with van der Waals surface area (Å²) in [6, 6.07) is 22.2. The Bertz CT molecular complexity index is 1470. The molecule has 0 aliphatic heterocycles. The van der Waals surface area contributed by atoms with Gasteiger partial charge in [-0.3, -0.25) is 0 Å². The van der Waals surface area contributed by atoms with Crippen molar-refractivity contribution >= 4 is 26.5 Å². The third-order valence-corrected chi connectivity index (χ3v) is 7.84. The minimum atomic E-state index is -1.34. The fourth-order valence-corrected chi connectivity index (χ4v) is 6.24. The van der Waals surface area contributed by atoms with Crippen molar-refractivity contribution in [1.29, 1.82) is 0 Å². The number of fused-ring (bicyclic) bond motifs is 1. The zero-order chi connectivity index (χ0) is 25.0. The first-order valence-electron chi connectivity index (χ1n) is 11.3. The molecule has 0 spiro atoms. The highest BCUT2D eigenvalue weighted by Crippen LogP contribution is 2.43. The van der Waals surface area contributed by atoms with Crippen molar-refractivity contribution in [2.75, 3.05) is 6.61 Å². The molecule has 0 amide bonds. The maximum absolute atomic E-state index is 12.6. The lowest BCUT2D eigenvalue weighted by Crippen LogP contribution is -2.31. The summed E-state index contributed by atoms with van der Waals surface area (Å²) in [4.78, 5) is 13.8. The lowest BCUT2D eigenvalue weighted by atomic mass is 10.1. The van der Waals surface area contributed by atoms with E-state index in [2.05, 4.69) is 66.5 Å². The second kappa shape index (κ2) is 10.1. The van der Waals surface area contributed by atoms with E-state index in [0.717, 1.165) is 16.7 Å². The van der Waals surface area contributed by atoms with Crippen LogP contribution in [0.5, 0.6) is 5.75 Å². The van der Waals surface area contributed by atoms with Crippen molar-refractivity contribution in [2.45, 2.75) is 33.3 Å². The van der Waals surface area contributed by atoms with Gasteiger partial charge in [-0.15, -0.1) is 6.42 Å². The van der Waals surface area contributed by atoms with Crippen molar-refractivity contribution in [1.82, 2.24) is 0 Å². The average Bonchev–Trinajstić information content (AvgIpc) is 3.19. The van der Waals surface area contributed by atoms with Gasteiger partial charge in [-0.25, -0.2) is 4.79 Å². The van der Waals surface area contributed by atoms with E-state index in [1.54, 1.807) is 6.92 Å². The van der Waals surface area contributed by atoms with E-state index >= 15 is 0 Å². The van der Waals surface area contributed by atoms with E-state index in [9.17, 15) is 4.79 Å². The summed E-state index contributed by atoms with van der Waals surface area (Å²) in [5, 5.41) is 3.63. The number of rotatable bonds is 5. The molecule has 0 saturated carbocycles. The number of carbonyl (C=O) groups excluding carboxylic acids is 1. The Morgan fingerprint density at radius 2 is 1.63 bits per heavy atom. The van der Waals surface area contributed by atoms with Crippen molar-refractivity contribution in [3.8, 4) is 34.8 Å². The molecule has 3 nitrogen and oxygen atoms in total. The van der Waals surface area contributed by atoms with Gasteiger partial charge >= 0.3 is 5.97 Å². The van der Waals surface area contributed by atoms with E-state index in [1.165, 1.54) is 20.5 Å². The maximum atomic E-state index is 12.6. The molecule has 1 heterocycles. The normalized spacial score (nSPS) is 12.7. The first-order valence-corrected chi connectivity index (χ1v) is 12.6. The fourth-order valence-electron chi connectivity index (χ4n) is 3.94. The highest BCUT2D eigenvalue weighted by atomic mass is 32.2. The van der Waals surface area contributed by atoms with E-state index in [4.69, 9.17) is 15.9 Å². The number of thiophene rings is 1. The molecule has 2 atom stereocenters. The van der Waals surface area contributed by atoms with Crippen LogP contribution in [-0.2, 0) is 9.53 Å². The number of terminal acetylenes is 1. The number of hydrogen-bond donors (Lipinski definition) is 0. The quantitative estimate of drug-likeness (QED) is 0.178. The van der Waals surface area contributed by atoms with Gasteiger partial charge in [0.1, 0.15) is 11.1 Å². The van der Waals surface area contributed by atoms with Gasteiger partial charge in [0.15, 0.2) is 16.2 Å². The van der Waals surface area contributed by atoms with Crippen LogP contribution in [0, 0.1) is 45.0 Å². The van der Waals surface area contributed by atoms with Crippen LogP contribution in [0.25, 0.3) is 15.0 Å². The lowest BCUT2D eigenvalue weighted by molar-refractivity contribution is -0.151. The van der Waals surface area contributed by atoms with Gasteiger partial charge in [0.25, 0.3) is 0 Å². The van der Waals surface area contributed by atoms with E-state index in [-0.39, 0.29) is 17.1 Å². The Balaban J connectivity index is 1.48. The van der Waals surface area contributed by atoms with Gasteiger partial charge in [0.2, 0.25) is 5.60 Å². The van der Waals surface area contributed by atoms with E-state index in [1.807, 2.05) is 44.2 Å². The van der Waals surface area contributed by atoms with Gasteiger partial charge in [0.05, 0.1) is 0 Å². The molecule has 174 valence electrons. The third-order valence-electron chi connectivity index (χ3n) is 5.68. The number of ether oxygens (including phenoxy) is 2. The Morgan fingerprint density at radius 1 is 0.971 bits per heavy atom. The molecule has 0 saturated heterocycles. The van der Waals surface area contributed by atoms with Crippen molar-refractivity contribution in [2.24, 2.45) is 0 Å². The smallest absolute Gasteiger partial charge is 0.346 e. The number of carbonyl (C=O) groups is 1. The van der Waals surface area contributed by atoms with Gasteiger partial charge in [-0.05, 0) is 74.9 Å². The summed E-state index contributed by atoms with van der Waals surface area (Å²) >= 11 is 0. The molecule has 2 unspecified atom stereocenters. The monoisotopic (exact) mass is 479 g/mol. The number of hydrogen-bond acceptors (Lipinski definition) is 3. The zero-order valence-electron chi connectivity index (χ0n) is 20.3. The van der Waals surface area contributed by atoms with Crippen LogP contribution in [0.15, 0.2) is 72.1 Å². The minimum absolute atomic E-state index is 0.117. The molecule has 4 aromatic rings. The third kappa shape index (κ3) is 5.40. The molecule has 4 heteroatoms. The van der Waals surface area contributed by atoms with E-state index < -0.39 is 11.6 Å². The second-order valence-corrected chi connectivity index (χ2v) is 10.4. The lowest BCUT2D eigenvalue weighted by Gasteiger charge is -2.18. The van der Waals surface area contributed by atoms with Crippen LogP contribution in [0.3, 0.4) is 0 Å². The molecular formula is C31H27O3S+.